The molecule has 0 radical (unpaired) electrons. The van der Waals surface area contributed by atoms with Gasteiger partial charge in [0.05, 0.1) is 0 Å². The van der Waals surface area contributed by atoms with Gasteiger partial charge in [0, 0.05) is 12.6 Å². The van der Waals surface area contributed by atoms with Gasteiger partial charge in [0.15, 0.2) is 0 Å². The summed E-state index contributed by atoms with van der Waals surface area (Å²) in [5.74, 6) is 10.5. The van der Waals surface area contributed by atoms with Crippen molar-refractivity contribution in [3.8, 4) is 0 Å². The Labute approximate surface area is 62.5 Å². The molecule has 4 heteroatoms. The van der Waals surface area contributed by atoms with Gasteiger partial charge in [0.1, 0.15) is 0 Å². The number of hydrazine groups is 2. The highest BCUT2D eigenvalue weighted by Gasteiger charge is 2.00. The monoisotopic (exact) mass is 146 g/mol. The standard InChI is InChI=1S/C6H18N4/c1-3-4-9-6(2)5-10(7)8/h6,9H,3-5,7-8H2,1-2H3. The summed E-state index contributed by atoms with van der Waals surface area (Å²) < 4.78 is 0. The molecule has 0 heterocycles. The molecular formula is C6H18N4. The first kappa shape index (κ1) is 9.84. The maximum Gasteiger partial charge on any atom is 0.0434 e. The summed E-state index contributed by atoms with van der Waals surface area (Å²) in [7, 11) is 0. The van der Waals surface area contributed by atoms with Crippen LogP contribution in [-0.2, 0) is 0 Å². The van der Waals surface area contributed by atoms with Crippen molar-refractivity contribution in [2.75, 3.05) is 13.1 Å². The van der Waals surface area contributed by atoms with Crippen LogP contribution in [0.15, 0.2) is 0 Å². The second-order valence-corrected chi connectivity index (χ2v) is 2.55. The molecule has 0 aliphatic carbocycles. The van der Waals surface area contributed by atoms with Crippen LogP contribution in [0.5, 0.6) is 0 Å². The fourth-order valence-corrected chi connectivity index (χ4v) is 0.772. The van der Waals surface area contributed by atoms with Gasteiger partial charge in [0.25, 0.3) is 0 Å². The summed E-state index contributed by atoms with van der Waals surface area (Å²) in [6.45, 7) is 5.89. The summed E-state index contributed by atoms with van der Waals surface area (Å²) >= 11 is 0. The Balaban J connectivity index is 3.16. The van der Waals surface area contributed by atoms with Crippen LogP contribution >= 0.6 is 0 Å². The molecule has 0 aliphatic rings. The fourth-order valence-electron chi connectivity index (χ4n) is 0.772. The lowest BCUT2D eigenvalue weighted by Gasteiger charge is -2.16. The predicted molar refractivity (Wildman–Crippen MR) is 42.8 cm³/mol. The zero-order valence-corrected chi connectivity index (χ0v) is 6.80. The minimum Gasteiger partial charge on any atom is -0.313 e. The van der Waals surface area contributed by atoms with Crippen molar-refractivity contribution in [3.05, 3.63) is 0 Å². The van der Waals surface area contributed by atoms with Crippen LogP contribution in [0.25, 0.3) is 0 Å². The van der Waals surface area contributed by atoms with Crippen LogP contribution in [0.4, 0.5) is 0 Å². The van der Waals surface area contributed by atoms with E-state index in [1.165, 1.54) is 5.12 Å². The number of hydrogen-bond acceptors (Lipinski definition) is 4. The van der Waals surface area contributed by atoms with Gasteiger partial charge in [-0.15, -0.1) is 0 Å². The number of nitrogens with one attached hydrogen (secondary N) is 1. The normalized spacial score (nSPS) is 14.1. The Morgan fingerprint density at radius 2 is 2.10 bits per heavy atom. The molecule has 10 heavy (non-hydrogen) atoms. The molecule has 4 nitrogen and oxygen atoms in total. The average Bonchev–Trinajstić information content (AvgIpc) is 1.82. The molecule has 0 rings (SSSR count). The van der Waals surface area contributed by atoms with Crippen molar-refractivity contribution < 1.29 is 0 Å². The number of rotatable bonds is 5. The number of nitrogens with zero attached hydrogens (tertiary/aromatic N) is 1. The number of hydrogen-bond donors (Lipinski definition) is 3. The topological polar surface area (TPSA) is 67.3 Å². The van der Waals surface area contributed by atoms with E-state index in [0.717, 1.165) is 13.0 Å². The summed E-state index contributed by atoms with van der Waals surface area (Å²) in [4.78, 5) is 0. The average molecular weight is 146 g/mol. The van der Waals surface area contributed by atoms with Gasteiger partial charge in [-0.1, -0.05) is 6.92 Å². The van der Waals surface area contributed by atoms with E-state index in [0.29, 0.717) is 12.6 Å². The minimum absolute atomic E-state index is 0.370. The quantitative estimate of drug-likeness (QED) is 0.359. The van der Waals surface area contributed by atoms with Gasteiger partial charge < -0.3 is 5.32 Å². The van der Waals surface area contributed by atoms with Crippen LogP contribution in [0.1, 0.15) is 20.3 Å². The van der Waals surface area contributed by atoms with E-state index in [1.807, 2.05) is 0 Å². The summed E-state index contributed by atoms with van der Waals surface area (Å²) in [6, 6.07) is 0.370. The maximum atomic E-state index is 5.24. The van der Waals surface area contributed by atoms with Gasteiger partial charge in [-0.2, -0.15) is 5.12 Å². The minimum atomic E-state index is 0.370. The first-order valence-corrected chi connectivity index (χ1v) is 3.67. The zero-order chi connectivity index (χ0) is 7.98. The van der Waals surface area contributed by atoms with Crippen molar-refractivity contribution >= 4 is 0 Å². The Hall–Kier alpha value is -0.160. The summed E-state index contributed by atoms with van der Waals surface area (Å²) in [5.41, 5.74) is 0. The van der Waals surface area contributed by atoms with E-state index in [4.69, 9.17) is 11.7 Å². The molecule has 1 atom stereocenters. The SMILES string of the molecule is CCCNC(C)CN(N)N. The van der Waals surface area contributed by atoms with E-state index < -0.39 is 0 Å². The first-order chi connectivity index (χ1) is 4.66. The van der Waals surface area contributed by atoms with E-state index in [2.05, 4.69) is 19.2 Å². The second kappa shape index (κ2) is 5.61. The third-order valence-corrected chi connectivity index (χ3v) is 1.23. The van der Waals surface area contributed by atoms with Crippen LogP contribution in [-0.4, -0.2) is 24.2 Å². The van der Waals surface area contributed by atoms with Crippen molar-refractivity contribution in [3.63, 3.8) is 0 Å². The highest BCUT2D eigenvalue weighted by molar-refractivity contribution is 4.60. The molecule has 0 bridgehead atoms. The molecule has 0 amide bonds. The summed E-state index contributed by atoms with van der Waals surface area (Å²) in [5, 5.41) is 4.46. The Morgan fingerprint density at radius 3 is 2.50 bits per heavy atom. The molecule has 5 N–H and O–H groups in total. The Kier molecular flexibility index (Phi) is 5.52. The molecule has 0 aromatic carbocycles. The molecule has 0 aromatic heterocycles. The van der Waals surface area contributed by atoms with Crippen LogP contribution in [0.3, 0.4) is 0 Å². The first-order valence-electron chi connectivity index (χ1n) is 3.67. The zero-order valence-electron chi connectivity index (χ0n) is 6.80. The predicted octanol–water partition coefficient (Wildman–Crippen LogP) is -0.576. The van der Waals surface area contributed by atoms with Crippen LogP contribution in [0.2, 0.25) is 0 Å². The molecule has 0 saturated heterocycles. The van der Waals surface area contributed by atoms with Gasteiger partial charge in [-0.3, -0.25) is 11.7 Å². The Morgan fingerprint density at radius 1 is 1.50 bits per heavy atom. The van der Waals surface area contributed by atoms with E-state index >= 15 is 0 Å². The molecule has 0 aromatic rings. The third kappa shape index (κ3) is 5.97. The molecule has 0 aliphatic heterocycles. The fraction of sp³-hybridized carbons (Fsp3) is 1.00. The van der Waals surface area contributed by atoms with E-state index in [1.54, 1.807) is 0 Å². The van der Waals surface area contributed by atoms with Gasteiger partial charge in [-0.25, -0.2) is 0 Å². The van der Waals surface area contributed by atoms with E-state index in [9.17, 15) is 0 Å². The smallest absolute Gasteiger partial charge is 0.0434 e. The Bertz CT molecular complexity index is 74.1. The number of nitrogens with two attached hydrogens (primary N) is 2. The second-order valence-electron chi connectivity index (χ2n) is 2.55. The molecular weight excluding hydrogens is 128 g/mol. The van der Waals surface area contributed by atoms with Crippen molar-refractivity contribution in [1.82, 2.24) is 10.4 Å². The highest BCUT2D eigenvalue weighted by atomic mass is 15.6. The molecule has 0 saturated carbocycles. The van der Waals surface area contributed by atoms with E-state index in [-0.39, 0.29) is 0 Å². The summed E-state index contributed by atoms with van der Waals surface area (Å²) in [6.07, 6.45) is 1.14. The van der Waals surface area contributed by atoms with Gasteiger partial charge in [0.2, 0.25) is 0 Å². The lowest BCUT2D eigenvalue weighted by Crippen LogP contribution is -2.46. The van der Waals surface area contributed by atoms with Crippen LogP contribution in [0, 0.1) is 0 Å². The van der Waals surface area contributed by atoms with Crippen LogP contribution < -0.4 is 17.0 Å². The molecule has 1 unspecified atom stereocenters. The lowest BCUT2D eigenvalue weighted by atomic mass is 10.3. The van der Waals surface area contributed by atoms with Gasteiger partial charge >= 0.3 is 0 Å². The highest BCUT2D eigenvalue weighted by Crippen LogP contribution is 1.81. The molecule has 0 spiro atoms. The van der Waals surface area contributed by atoms with Crippen molar-refractivity contribution in [2.45, 2.75) is 26.3 Å². The molecule has 62 valence electrons. The van der Waals surface area contributed by atoms with Crippen molar-refractivity contribution in [2.24, 2.45) is 11.7 Å². The third-order valence-electron chi connectivity index (χ3n) is 1.23. The van der Waals surface area contributed by atoms with Gasteiger partial charge in [-0.05, 0) is 19.9 Å². The largest absolute Gasteiger partial charge is 0.313 e. The lowest BCUT2D eigenvalue weighted by molar-refractivity contribution is 0.262. The molecule has 0 fully saturated rings. The van der Waals surface area contributed by atoms with Crippen molar-refractivity contribution in [1.29, 1.82) is 0 Å². The maximum absolute atomic E-state index is 5.24.